The van der Waals surface area contributed by atoms with Gasteiger partial charge in [-0.05, 0) is 164 Å². The minimum absolute atomic E-state index is 0.0628. The number of nitrogens with zero attached hydrogens (tertiary/aromatic N) is 6. The first-order chi connectivity index (χ1) is 54.0. The minimum Gasteiger partial charge on any atom is -0.465 e. The van der Waals surface area contributed by atoms with Gasteiger partial charge in [0.05, 0.1) is 29.4 Å². The zero-order valence-corrected chi connectivity index (χ0v) is 60.0. The summed E-state index contributed by atoms with van der Waals surface area (Å²) < 4.78 is 257. The maximum atomic E-state index is 12.7. The maximum absolute atomic E-state index is 12.7. The SMILES string of the molecule is CCOC(OCC)OCC.COC(=O)C(F)F.FC(F)(F)c1ccc(Cc2ccccc2-c2nnco2)cc1.NNC(=O)c1ccccc1Cc1ccc(C(F)(F)F)cc1.O=C(c1nnc(-c2ccccc2Cc2ccc(C(F)(F)F)cc2)o1)C(F)F.OC(c1nnc(-c2ccccc2Cc2ccc(C(F)(F)F)cc2)o1)C(F)F. The number of carbonyl (C=O) groups is 3. The molecule has 0 aliphatic carbocycles. The first-order valence-corrected chi connectivity index (χ1v) is 33.4. The molecule has 0 aliphatic rings. The lowest BCUT2D eigenvalue weighted by atomic mass is 9.98. The topological polar surface area (TPSA) is 263 Å². The van der Waals surface area contributed by atoms with E-state index >= 15 is 0 Å². The normalized spacial score (nSPS) is 11.7. The van der Waals surface area contributed by atoms with Crippen LogP contribution in [0.5, 0.6) is 0 Å². The largest absolute Gasteiger partial charge is 0.465 e. The number of nitrogen functional groups attached to an aromatic ring is 1. The van der Waals surface area contributed by atoms with E-state index in [1.54, 1.807) is 72.8 Å². The second kappa shape index (κ2) is 43.4. The van der Waals surface area contributed by atoms with Crippen molar-refractivity contribution in [3.8, 4) is 34.4 Å². The van der Waals surface area contributed by atoms with Crippen LogP contribution >= 0.6 is 0 Å². The Labute approximate surface area is 637 Å². The first-order valence-electron chi connectivity index (χ1n) is 33.4. The number of halogens is 18. The van der Waals surface area contributed by atoms with Crippen LogP contribution in [0.15, 0.2) is 214 Å². The molecule has 0 saturated carbocycles. The molecular weight excluding hydrogens is 1550 g/mol. The van der Waals surface area contributed by atoms with Gasteiger partial charge in [0.25, 0.3) is 36.4 Å². The van der Waals surface area contributed by atoms with E-state index in [1.165, 1.54) is 54.9 Å². The van der Waals surface area contributed by atoms with Gasteiger partial charge < -0.3 is 37.3 Å². The molecule has 1 amide bonds. The van der Waals surface area contributed by atoms with Gasteiger partial charge in [-0.2, -0.15) is 61.5 Å². The Morgan fingerprint density at radius 1 is 0.439 bits per heavy atom. The summed E-state index contributed by atoms with van der Waals surface area (Å²) in [5, 5.41) is 30.9. The van der Waals surface area contributed by atoms with Crippen molar-refractivity contribution in [3.05, 3.63) is 285 Å². The number of hydrogen-bond acceptors (Lipinski definition) is 18. The Morgan fingerprint density at radius 3 is 1.10 bits per heavy atom. The van der Waals surface area contributed by atoms with Crippen molar-refractivity contribution in [2.45, 2.75) is 103 Å². The van der Waals surface area contributed by atoms with Gasteiger partial charge in [-0.1, -0.05) is 121 Å². The van der Waals surface area contributed by atoms with Crippen LogP contribution in [0.4, 0.5) is 79.0 Å². The number of methoxy groups -OCH3 is 1. The highest BCUT2D eigenvalue weighted by Crippen LogP contribution is 2.36. The monoisotopic (exact) mass is 1620 g/mol. The number of alkyl halides is 18. The number of nitrogens with two attached hydrogens (primary N) is 1. The fraction of sp³-hybridized carbons (Fsp3) is 0.260. The molecule has 0 spiro atoms. The third kappa shape index (κ3) is 28.5. The number of aromatic nitrogens is 6. The summed E-state index contributed by atoms with van der Waals surface area (Å²) in [4.78, 5) is 32.4. The number of carbonyl (C=O) groups excluding carboxylic acids is 3. The fourth-order valence-corrected chi connectivity index (χ4v) is 9.78. The Bertz CT molecular complexity index is 4720. The summed E-state index contributed by atoms with van der Waals surface area (Å²) in [5.41, 5.74) is 6.77. The molecule has 0 fully saturated rings. The quantitative estimate of drug-likeness (QED) is 0.0102. The fourth-order valence-electron chi connectivity index (χ4n) is 9.78. The molecule has 1 unspecified atom stereocenters. The second-order valence-corrected chi connectivity index (χ2v) is 23.1. The molecule has 11 aromatic rings. The molecule has 0 bridgehead atoms. The summed E-state index contributed by atoms with van der Waals surface area (Å²) in [6.45, 7) is 7.10. The highest BCUT2D eigenvalue weighted by Gasteiger charge is 2.34. The Balaban J connectivity index is 0.000000222. The van der Waals surface area contributed by atoms with Crippen molar-refractivity contribution in [2.24, 2.45) is 5.84 Å². The molecule has 1 atom stereocenters. The van der Waals surface area contributed by atoms with Crippen molar-refractivity contribution in [3.63, 3.8) is 0 Å². The average molecular weight is 1620 g/mol. The number of ether oxygens (including phenoxy) is 4. The average Bonchev–Trinajstić information content (AvgIpc) is 1.54. The lowest BCUT2D eigenvalue weighted by molar-refractivity contribution is -0.282. The third-order valence-electron chi connectivity index (χ3n) is 15.3. The number of aliphatic hydroxyl groups is 1. The van der Waals surface area contributed by atoms with Crippen LogP contribution < -0.4 is 11.3 Å². The van der Waals surface area contributed by atoms with Crippen LogP contribution in [-0.2, 0) is 74.1 Å². The molecule has 19 nitrogen and oxygen atoms in total. The molecule has 3 heterocycles. The molecule has 11 rings (SSSR count). The lowest BCUT2D eigenvalue weighted by Crippen LogP contribution is -2.30. The number of benzene rings is 8. The maximum Gasteiger partial charge on any atom is 0.416 e. The number of esters is 1. The predicted molar refractivity (Wildman–Crippen MR) is 372 cm³/mol. The van der Waals surface area contributed by atoms with E-state index in [-0.39, 0.29) is 24.6 Å². The number of Topliss-reactive ketones (excluding diaryl/α,β-unsaturated/α-hetero) is 1. The Morgan fingerprint density at radius 2 is 0.781 bits per heavy atom. The number of ketones is 1. The molecule has 0 aliphatic heterocycles. The predicted octanol–water partition coefficient (Wildman–Crippen LogP) is 18.5. The van der Waals surface area contributed by atoms with Gasteiger partial charge in [0.1, 0.15) is 0 Å². The smallest absolute Gasteiger partial charge is 0.416 e. The van der Waals surface area contributed by atoms with Gasteiger partial charge >= 0.3 is 43.5 Å². The van der Waals surface area contributed by atoms with Gasteiger partial charge in [0.15, 0.2) is 6.10 Å². The van der Waals surface area contributed by atoms with Crippen molar-refractivity contribution in [1.82, 2.24) is 36.0 Å². The molecule has 114 heavy (non-hydrogen) atoms. The van der Waals surface area contributed by atoms with E-state index < -0.39 is 108 Å². The van der Waals surface area contributed by atoms with Crippen molar-refractivity contribution in [1.29, 1.82) is 0 Å². The molecule has 4 N–H and O–H groups in total. The summed E-state index contributed by atoms with van der Waals surface area (Å²) in [5.74, 6) is 0.412. The second-order valence-electron chi connectivity index (χ2n) is 23.1. The molecular formula is C77H68F18N8O11. The van der Waals surface area contributed by atoms with E-state index in [9.17, 15) is 98.5 Å². The van der Waals surface area contributed by atoms with Crippen LogP contribution in [0.25, 0.3) is 34.4 Å². The first kappa shape index (κ1) is 91.2. The van der Waals surface area contributed by atoms with Crippen LogP contribution in [0.3, 0.4) is 0 Å². The van der Waals surface area contributed by atoms with Crippen molar-refractivity contribution >= 4 is 17.7 Å². The standard InChI is InChI=1S/C18H13F5N2O2.C18H11F5N2O2.C16H11F3N2O.C15H13F3N2O.C7H16O3.C3H4F2O2/c2*19-15(20)14(26)17-25-24-16(27-17)13-4-2-1-3-11(13)9-10-5-7-12(8-6-10)18(21,22)23;17-16(18,19)13-7-5-11(6-8-13)9-12-3-1-2-4-14(12)15-21-20-10-22-15;16-15(17,18)12-7-5-10(6-8-12)9-11-3-1-2-4-13(11)14(21)20-19;1-4-8-7(9-5-2)10-6-3;1-7-3(6)2(4)5/h1-8,14-15,26H,9H2;1-8,15H,9H2;1-8,10H,9H2;1-8H,9,19H2,(H,20,21);7H,4-6H2,1-3H3;2H,1H3. The van der Waals surface area contributed by atoms with Gasteiger partial charge in [-0.3, -0.25) is 15.0 Å². The van der Waals surface area contributed by atoms with Gasteiger partial charge in [0.2, 0.25) is 24.1 Å². The van der Waals surface area contributed by atoms with E-state index in [0.717, 1.165) is 72.3 Å². The van der Waals surface area contributed by atoms with Crippen LogP contribution in [-0.4, -0.2) is 106 Å². The molecule has 3 aromatic heterocycles. The number of hydrazine groups is 1. The summed E-state index contributed by atoms with van der Waals surface area (Å²) >= 11 is 0. The van der Waals surface area contributed by atoms with Crippen LogP contribution in [0.2, 0.25) is 0 Å². The zero-order chi connectivity index (χ0) is 83.9. The van der Waals surface area contributed by atoms with Gasteiger partial charge in [0, 0.05) is 42.1 Å². The van der Waals surface area contributed by atoms with E-state index in [0.29, 0.717) is 88.6 Å². The number of nitrogens with one attached hydrogen (secondary N) is 1. The van der Waals surface area contributed by atoms with Gasteiger partial charge in [-0.25, -0.2) is 28.2 Å². The highest BCUT2D eigenvalue weighted by atomic mass is 19.4. The minimum atomic E-state index is -4.42. The van der Waals surface area contributed by atoms with Crippen molar-refractivity contribution in [2.75, 3.05) is 26.9 Å². The molecule has 8 aromatic carbocycles. The molecule has 0 saturated heterocycles. The highest BCUT2D eigenvalue weighted by molar-refractivity contribution is 5.95. The summed E-state index contributed by atoms with van der Waals surface area (Å²) in [6, 6.07) is 46.9. The summed E-state index contributed by atoms with van der Waals surface area (Å²) in [6.07, 6.45) is -26.4. The Kier molecular flexibility index (Phi) is 34.7. The van der Waals surface area contributed by atoms with E-state index in [1.807, 2.05) is 50.5 Å². The number of rotatable bonds is 23. The lowest BCUT2D eigenvalue weighted by Gasteiger charge is -2.15. The number of aliphatic hydroxyl groups excluding tert-OH is 1. The van der Waals surface area contributed by atoms with Crippen LogP contribution in [0.1, 0.15) is 121 Å². The zero-order valence-electron chi connectivity index (χ0n) is 60.0. The third-order valence-corrected chi connectivity index (χ3v) is 15.3. The summed E-state index contributed by atoms with van der Waals surface area (Å²) in [7, 11) is 0.911. The molecule has 0 radical (unpaired) electrons. The molecule has 37 heteroatoms. The van der Waals surface area contributed by atoms with Crippen LogP contribution in [0, 0.1) is 0 Å². The van der Waals surface area contributed by atoms with Gasteiger partial charge in [-0.15, -0.1) is 30.6 Å². The van der Waals surface area contributed by atoms with E-state index in [4.69, 9.17) is 33.3 Å². The number of amides is 1. The van der Waals surface area contributed by atoms with Crippen molar-refractivity contribution < 1.29 is 131 Å². The van der Waals surface area contributed by atoms with E-state index in [2.05, 4.69) is 35.3 Å². The number of hydrogen-bond donors (Lipinski definition) is 3. The Hall–Kier alpha value is -11.7. The molecule has 608 valence electrons.